The van der Waals surface area contributed by atoms with Gasteiger partial charge in [-0.1, -0.05) is 30.3 Å². The van der Waals surface area contributed by atoms with Gasteiger partial charge in [0.1, 0.15) is 5.82 Å². The normalized spacial score (nSPS) is 11.0. The molecule has 0 aliphatic carbocycles. The van der Waals surface area contributed by atoms with Crippen molar-refractivity contribution in [2.24, 2.45) is 0 Å². The van der Waals surface area contributed by atoms with Crippen LogP contribution >= 0.6 is 0 Å². The van der Waals surface area contributed by atoms with E-state index >= 15 is 0 Å². The van der Waals surface area contributed by atoms with Gasteiger partial charge < -0.3 is 20.1 Å². The molecule has 0 aliphatic rings. The van der Waals surface area contributed by atoms with Crippen molar-refractivity contribution in [1.82, 2.24) is 9.97 Å². The second kappa shape index (κ2) is 11.6. The number of hydrogen-bond donors (Lipinski definition) is 2. The van der Waals surface area contributed by atoms with Crippen molar-refractivity contribution < 1.29 is 4.79 Å². The molecule has 214 valence electrons. The van der Waals surface area contributed by atoms with Crippen molar-refractivity contribution in [1.29, 1.82) is 0 Å². The van der Waals surface area contributed by atoms with Gasteiger partial charge >= 0.3 is 0 Å². The van der Waals surface area contributed by atoms with E-state index in [4.69, 9.17) is 4.98 Å². The lowest BCUT2D eigenvalue weighted by Crippen LogP contribution is -2.13. The molecule has 5 aromatic rings. The van der Waals surface area contributed by atoms with Crippen LogP contribution in [0.3, 0.4) is 0 Å². The standard InChI is InChI=1S/C36H39N5O/c1-22-20-28(40(5)6)14-16-30(22)33-34(31-17-15-29(41(7)8)21-23(31)2)38-35(37-33)27-18-24(3)32(25(4)19-27)39-36(42)26-12-10-9-11-13-26/h9-21H,1-8H3,(H,37,38)(H,39,42). The molecule has 0 bridgehead atoms. The maximum absolute atomic E-state index is 12.9. The average molecular weight is 558 g/mol. The van der Waals surface area contributed by atoms with E-state index < -0.39 is 0 Å². The monoisotopic (exact) mass is 557 g/mol. The molecule has 1 heterocycles. The third-order valence-electron chi connectivity index (χ3n) is 7.76. The number of hydrogen-bond acceptors (Lipinski definition) is 4. The minimum Gasteiger partial charge on any atom is -0.378 e. The molecule has 0 radical (unpaired) electrons. The summed E-state index contributed by atoms with van der Waals surface area (Å²) in [6, 6.07) is 26.5. The van der Waals surface area contributed by atoms with Crippen LogP contribution in [-0.4, -0.2) is 44.1 Å². The molecule has 0 atom stereocenters. The van der Waals surface area contributed by atoms with Gasteiger partial charge in [0.05, 0.1) is 11.4 Å². The van der Waals surface area contributed by atoms with E-state index in [1.165, 1.54) is 5.56 Å². The van der Waals surface area contributed by atoms with E-state index in [9.17, 15) is 4.79 Å². The Labute approximate surface area is 249 Å². The van der Waals surface area contributed by atoms with E-state index in [0.29, 0.717) is 5.56 Å². The average Bonchev–Trinajstić information content (AvgIpc) is 3.39. The molecule has 6 nitrogen and oxygen atoms in total. The molecule has 0 saturated carbocycles. The molecule has 42 heavy (non-hydrogen) atoms. The number of aryl methyl sites for hydroxylation is 4. The topological polar surface area (TPSA) is 64.3 Å². The van der Waals surface area contributed by atoms with Crippen LogP contribution in [0.2, 0.25) is 0 Å². The third kappa shape index (κ3) is 5.66. The summed E-state index contributed by atoms with van der Waals surface area (Å²) < 4.78 is 0. The Morgan fingerprint density at radius 3 is 1.76 bits per heavy atom. The molecular weight excluding hydrogens is 518 g/mol. The van der Waals surface area contributed by atoms with Crippen LogP contribution < -0.4 is 15.1 Å². The molecule has 6 heteroatoms. The molecule has 0 saturated heterocycles. The maximum Gasteiger partial charge on any atom is 0.255 e. The SMILES string of the molecule is Cc1cc(N(C)C)ccc1-c1nc(-c2cc(C)c(NC(=O)c3ccccc3)c(C)c2)[nH]c1-c1ccc(N(C)C)cc1C. The van der Waals surface area contributed by atoms with Gasteiger partial charge in [-0.05, 0) is 98.5 Å². The number of anilines is 3. The van der Waals surface area contributed by atoms with E-state index in [-0.39, 0.29) is 5.91 Å². The molecule has 1 amide bonds. The Bertz CT molecular complexity index is 1670. The Hall–Kier alpha value is -4.84. The van der Waals surface area contributed by atoms with Crippen LogP contribution in [0, 0.1) is 27.7 Å². The second-order valence-electron chi connectivity index (χ2n) is 11.4. The summed E-state index contributed by atoms with van der Waals surface area (Å²) in [5.74, 6) is 0.671. The first-order valence-electron chi connectivity index (χ1n) is 14.2. The number of aromatic amines is 1. The molecule has 4 aromatic carbocycles. The zero-order valence-corrected chi connectivity index (χ0v) is 25.8. The zero-order chi connectivity index (χ0) is 30.1. The van der Waals surface area contributed by atoms with E-state index in [1.807, 2.05) is 44.2 Å². The van der Waals surface area contributed by atoms with Crippen LogP contribution in [0.25, 0.3) is 33.9 Å². The van der Waals surface area contributed by atoms with Gasteiger partial charge in [-0.3, -0.25) is 4.79 Å². The minimum atomic E-state index is -0.120. The maximum atomic E-state index is 12.9. The van der Waals surface area contributed by atoms with Gasteiger partial charge in [-0.25, -0.2) is 4.98 Å². The number of benzene rings is 4. The summed E-state index contributed by atoms with van der Waals surface area (Å²) in [5.41, 5.74) is 13.1. The number of amides is 1. The summed E-state index contributed by atoms with van der Waals surface area (Å²) in [7, 11) is 8.22. The lowest BCUT2D eigenvalue weighted by Gasteiger charge is -2.16. The Morgan fingerprint density at radius 1 is 0.690 bits per heavy atom. The first kappa shape index (κ1) is 28.7. The van der Waals surface area contributed by atoms with Crippen LogP contribution in [0.1, 0.15) is 32.6 Å². The summed E-state index contributed by atoms with van der Waals surface area (Å²) in [6.45, 7) is 8.33. The number of nitrogens with one attached hydrogen (secondary N) is 2. The van der Waals surface area contributed by atoms with Crippen molar-refractivity contribution in [3.63, 3.8) is 0 Å². The number of aromatic nitrogens is 2. The fourth-order valence-electron chi connectivity index (χ4n) is 5.37. The molecule has 0 aliphatic heterocycles. The van der Waals surface area contributed by atoms with Crippen molar-refractivity contribution in [2.45, 2.75) is 27.7 Å². The van der Waals surface area contributed by atoms with Crippen molar-refractivity contribution in [2.75, 3.05) is 43.3 Å². The highest BCUT2D eigenvalue weighted by atomic mass is 16.1. The van der Waals surface area contributed by atoms with Crippen molar-refractivity contribution >= 4 is 23.0 Å². The lowest BCUT2D eigenvalue weighted by atomic mass is 9.97. The molecular formula is C36H39N5O. The largest absolute Gasteiger partial charge is 0.378 e. The van der Waals surface area contributed by atoms with Gasteiger partial charge in [0, 0.05) is 67.5 Å². The molecule has 1 aromatic heterocycles. The first-order valence-corrected chi connectivity index (χ1v) is 14.2. The van der Waals surface area contributed by atoms with Gasteiger partial charge in [0.2, 0.25) is 0 Å². The summed E-state index contributed by atoms with van der Waals surface area (Å²) in [4.78, 5) is 26.0. The van der Waals surface area contributed by atoms with Crippen LogP contribution in [0.5, 0.6) is 0 Å². The number of nitrogens with zero attached hydrogens (tertiary/aromatic N) is 3. The molecule has 0 unspecified atom stereocenters. The Balaban J connectivity index is 1.61. The predicted octanol–water partition coefficient (Wildman–Crippen LogP) is 8.03. The van der Waals surface area contributed by atoms with Crippen molar-refractivity contribution in [3.8, 4) is 33.9 Å². The number of rotatable bonds is 7. The molecule has 5 rings (SSSR count). The Kier molecular flexibility index (Phi) is 7.90. The van der Waals surface area contributed by atoms with Gasteiger partial charge in [0.25, 0.3) is 5.91 Å². The number of H-pyrrole nitrogens is 1. The fraction of sp³-hybridized carbons (Fsp3) is 0.222. The van der Waals surface area contributed by atoms with Crippen LogP contribution in [0.15, 0.2) is 78.9 Å². The first-order chi connectivity index (χ1) is 20.0. The van der Waals surface area contributed by atoms with E-state index in [1.54, 1.807) is 0 Å². The molecule has 0 fully saturated rings. The van der Waals surface area contributed by atoms with Crippen LogP contribution in [-0.2, 0) is 0 Å². The van der Waals surface area contributed by atoms with Crippen LogP contribution in [0.4, 0.5) is 17.1 Å². The van der Waals surface area contributed by atoms with E-state index in [2.05, 4.69) is 111 Å². The van der Waals surface area contributed by atoms with Gasteiger partial charge in [-0.15, -0.1) is 0 Å². The third-order valence-corrected chi connectivity index (χ3v) is 7.76. The smallest absolute Gasteiger partial charge is 0.255 e. The summed E-state index contributed by atoms with van der Waals surface area (Å²) in [5, 5.41) is 3.11. The van der Waals surface area contributed by atoms with Gasteiger partial charge in [0.15, 0.2) is 0 Å². The number of carbonyl (C=O) groups excluding carboxylic acids is 1. The highest BCUT2D eigenvalue weighted by Gasteiger charge is 2.20. The Morgan fingerprint density at radius 2 is 1.24 bits per heavy atom. The zero-order valence-electron chi connectivity index (χ0n) is 25.8. The number of carbonyl (C=O) groups is 1. The van der Waals surface area contributed by atoms with Gasteiger partial charge in [-0.2, -0.15) is 0 Å². The van der Waals surface area contributed by atoms with Crippen molar-refractivity contribution in [3.05, 3.63) is 107 Å². The number of imidazole rings is 1. The summed E-state index contributed by atoms with van der Waals surface area (Å²) >= 11 is 0. The highest BCUT2D eigenvalue weighted by Crippen LogP contribution is 2.38. The predicted molar refractivity (Wildman–Crippen MR) is 177 cm³/mol. The second-order valence-corrected chi connectivity index (χ2v) is 11.4. The quantitative estimate of drug-likeness (QED) is 0.213. The minimum absolute atomic E-state index is 0.120. The summed E-state index contributed by atoms with van der Waals surface area (Å²) in [6.07, 6.45) is 0. The fourth-order valence-corrected chi connectivity index (χ4v) is 5.37. The molecule has 2 N–H and O–H groups in total. The highest BCUT2D eigenvalue weighted by molar-refractivity contribution is 6.05. The molecule has 0 spiro atoms. The lowest BCUT2D eigenvalue weighted by molar-refractivity contribution is 0.102. The van der Waals surface area contributed by atoms with E-state index in [0.717, 1.165) is 67.7 Å².